The first-order chi connectivity index (χ1) is 8.29. The zero-order valence-electron chi connectivity index (χ0n) is 9.85. The minimum absolute atomic E-state index is 0.0229. The van der Waals surface area contributed by atoms with Crippen LogP contribution in [0.2, 0.25) is 5.02 Å². The second kappa shape index (κ2) is 6.06. The highest BCUT2D eigenvalue weighted by atomic mass is 35.5. The smallest absolute Gasteiger partial charge is 0.339 e. The molecule has 0 radical (unpaired) electrons. The third kappa shape index (κ3) is 4.93. The minimum Gasteiger partial charge on any atom is -0.462 e. The van der Waals surface area contributed by atoms with E-state index in [1.165, 1.54) is 12.1 Å². The van der Waals surface area contributed by atoms with Crippen molar-refractivity contribution in [3.05, 3.63) is 28.8 Å². The number of nitrogen functional groups attached to an aromatic ring is 1. The maximum Gasteiger partial charge on any atom is 0.339 e. The molecule has 0 bridgehead atoms. The number of nitrogens with two attached hydrogens (primary N) is 1. The Morgan fingerprint density at radius 3 is 2.72 bits per heavy atom. The summed E-state index contributed by atoms with van der Waals surface area (Å²) in [6.45, 7) is 0.0248. The Balaban J connectivity index is 2.53. The lowest BCUT2D eigenvalue weighted by Gasteiger charge is -2.06. The van der Waals surface area contributed by atoms with Crippen LogP contribution in [0, 0.1) is 0 Å². The first kappa shape index (κ1) is 14.8. The van der Waals surface area contributed by atoms with Crippen molar-refractivity contribution in [1.82, 2.24) is 0 Å². The molecule has 0 aliphatic heterocycles. The van der Waals surface area contributed by atoms with Crippen molar-refractivity contribution in [2.75, 3.05) is 24.3 Å². The number of hydrogen-bond acceptors (Lipinski definition) is 5. The van der Waals surface area contributed by atoms with Crippen LogP contribution in [0.25, 0.3) is 0 Å². The number of benzene rings is 1. The van der Waals surface area contributed by atoms with Crippen molar-refractivity contribution >= 4 is 33.1 Å². The average molecular weight is 292 g/mol. The number of esters is 1. The fourth-order valence-corrected chi connectivity index (χ4v) is 2.10. The molecular weight excluding hydrogens is 278 g/mol. The zero-order chi connectivity index (χ0) is 13.8. The monoisotopic (exact) mass is 291 g/mol. The molecule has 1 rings (SSSR count). The SMILES string of the molecule is CS(=O)(=O)CCCOC(=O)c1cc(N)ccc1Cl. The van der Waals surface area contributed by atoms with E-state index in [2.05, 4.69) is 0 Å². The van der Waals surface area contributed by atoms with Crippen molar-refractivity contribution < 1.29 is 17.9 Å². The normalized spacial score (nSPS) is 11.2. The molecule has 0 fully saturated rings. The molecule has 1 aromatic carbocycles. The molecule has 0 aliphatic carbocycles. The van der Waals surface area contributed by atoms with Gasteiger partial charge in [0.15, 0.2) is 0 Å². The van der Waals surface area contributed by atoms with Crippen molar-refractivity contribution in [2.24, 2.45) is 0 Å². The van der Waals surface area contributed by atoms with Gasteiger partial charge in [-0.1, -0.05) is 11.6 Å². The van der Waals surface area contributed by atoms with Crippen LogP contribution < -0.4 is 5.73 Å². The lowest BCUT2D eigenvalue weighted by Crippen LogP contribution is -2.11. The van der Waals surface area contributed by atoms with Gasteiger partial charge in [0.05, 0.1) is 22.9 Å². The summed E-state index contributed by atoms with van der Waals surface area (Å²) in [5.41, 5.74) is 6.11. The maximum atomic E-state index is 11.6. The fourth-order valence-electron chi connectivity index (χ4n) is 1.26. The minimum atomic E-state index is -3.04. The highest BCUT2D eigenvalue weighted by Crippen LogP contribution is 2.19. The van der Waals surface area contributed by atoms with Gasteiger partial charge in [0.25, 0.3) is 0 Å². The Morgan fingerprint density at radius 2 is 2.11 bits per heavy atom. The summed E-state index contributed by atoms with van der Waals surface area (Å²) in [6, 6.07) is 4.49. The van der Waals surface area contributed by atoms with Gasteiger partial charge in [-0.25, -0.2) is 13.2 Å². The largest absolute Gasteiger partial charge is 0.462 e. The molecule has 0 spiro atoms. The second-order valence-electron chi connectivity index (χ2n) is 3.86. The Kier molecular flexibility index (Phi) is 4.98. The van der Waals surface area contributed by atoms with E-state index in [4.69, 9.17) is 22.1 Å². The number of halogens is 1. The number of hydrogen-bond donors (Lipinski definition) is 1. The molecule has 0 saturated carbocycles. The van der Waals surface area contributed by atoms with Crippen LogP contribution in [-0.2, 0) is 14.6 Å². The molecule has 18 heavy (non-hydrogen) atoms. The van der Waals surface area contributed by atoms with Crippen LogP contribution in [-0.4, -0.2) is 33.0 Å². The van der Waals surface area contributed by atoms with Gasteiger partial charge in [0, 0.05) is 11.9 Å². The van der Waals surface area contributed by atoms with E-state index in [-0.39, 0.29) is 29.4 Å². The summed E-state index contributed by atoms with van der Waals surface area (Å²) < 4.78 is 26.6. The number of anilines is 1. The van der Waals surface area contributed by atoms with Crippen molar-refractivity contribution in [2.45, 2.75) is 6.42 Å². The van der Waals surface area contributed by atoms with Crippen molar-refractivity contribution in [3.63, 3.8) is 0 Å². The second-order valence-corrected chi connectivity index (χ2v) is 6.53. The van der Waals surface area contributed by atoms with Gasteiger partial charge in [-0.2, -0.15) is 0 Å². The van der Waals surface area contributed by atoms with E-state index in [0.717, 1.165) is 6.26 Å². The molecule has 0 saturated heterocycles. The molecule has 100 valence electrons. The summed E-state index contributed by atoms with van der Waals surface area (Å²) in [5.74, 6) is -0.633. The third-order valence-corrected chi connectivity index (χ3v) is 3.46. The summed E-state index contributed by atoms with van der Waals surface area (Å²) in [4.78, 5) is 11.6. The first-order valence-electron chi connectivity index (χ1n) is 5.19. The summed E-state index contributed by atoms with van der Waals surface area (Å²) in [5, 5.41) is 0.248. The molecule has 0 unspecified atom stereocenters. The molecule has 2 N–H and O–H groups in total. The van der Waals surface area contributed by atoms with Gasteiger partial charge in [0.1, 0.15) is 9.84 Å². The predicted octanol–water partition coefficient (Wildman–Crippen LogP) is 1.51. The summed E-state index contributed by atoms with van der Waals surface area (Å²) >= 11 is 5.82. The van der Waals surface area contributed by atoms with Crippen LogP contribution in [0.1, 0.15) is 16.8 Å². The summed E-state index contributed by atoms with van der Waals surface area (Å²) in [6.07, 6.45) is 1.38. The number of sulfone groups is 1. The number of rotatable bonds is 5. The highest BCUT2D eigenvalue weighted by Gasteiger charge is 2.12. The highest BCUT2D eigenvalue weighted by molar-refractivity contribution is 7.90. The zero-order valence-corrected chi connectivity index (χ0v) is 11.4. The van der Waals surface area contributed by atoms with E-state index in [1.807, 2.05) is 0 Å². The molecule has 5 nitrogen and oxygen atoms in total. The number of ether oxygens (including phenoxy) is 1. The predicted molar refractivity (Wildman–Crippen MR) is 70.5 cm³/mol. The molecule has 0 aliphatic rings. The maximum absolute atomic E-state index is 11.6. The molecule has 0 heterocycles. The number of carbonyl (C=O) groups is 1. The number of carbonyl (C=O) groups excluding carboxylic acids is 1. The van der Waals surface area contributed by atoms with E-state index >= 15 is 0 Å². The van der Waals surface area contributed by atoms with Crippen LogP contribution in [0.15, 0.2) is 18.2 Å². The van der Waals surface area contributed by atoms with Crippen LogP contribution in [0.4, 0.5) is 5.69 Å². The standard InChI is InChI=1S/C11H14ClNO4S/c1-18(15,16)6-2-5-17-11(14)9-7-8(13)3-4-10(9)12/h3-4,7H,2,5-6,13H2,1H3. The van der Waals surface area contributed by atoms with Crippen LogP contribution in [0.5, 0.6) is 0 Å². The van der Waals surface area contributed by atoms with Gasteiger partial charge in [-0.15, -0.1) is 0 Å². The lowest BCUT2D eigenvalue weighted by molar-refractivity contribution is 0.0506. The van der Waals surface area contributed by atoms with Gasteiger partial charge in [0.2, 0.25) is 0 Å². The van der Waals surface area contributed by atoms with E-state index in [0.29, 0.717) is 5.69 Å². The topological polar surface area (TPSA) is 86.5 Å². The quantitative estimate of drug-likeness (QED) is 0.505. The van der Waals surface area contributed by atoms with Crippen LogP contribution in [0.3, 0.4) is 0 Å². The van der Waals surface area contributed by atoms with E-state index in [9.17, 15) is 13.2 Å². The van der Waals surface area contributed by atoms with E-state index < -0.39 is 15.8 Å². The molecule has 7 heteroatoms. The lowest BCUT2D eigenvalue weighted by atomic mass is 10.2. The first-order valence-corrected chi connectivity index (χ1v) is 7.63. The Labute approximate surface area is 111 Å². The van der Waals surface area contributed by atoms with Gasteiger partial charge in [-0.3, -0.25) is 0 Å². The molecule has 0 aromatic heterocycles. The third-order valence-electron chi connectivity index (χ3n) is 2.10. The summed E-state index contributed by atoms with van der Waals surface area (Å²) in [7, 11) is -3.04. The fraction of sp³-hybridized carbons (Fsp3) is 0.364. The van der Waals surface area contributed by atoms with Gasteiger partial charge >= 0.3 is 5.97 Å². The Bertz CT molecular complexity index is 542. The average Bonchev–Trinajstić information content (AvgIpc) is 2.26. The Morgan fingerprint density at radius 1 is 1.44 bits per heavy atom. The Hall–Kier alpha value is -1.27. The molecular formula is C11H14ClNO4S. The van der Waals surface area contributed by atoms with Gasteiger partial charge in [-0.05, 0) is 24.6 Å². The van der Waals surface area contributed by atoms with E-state index in [1.54, 1.807) is 6.07 Å². The van der Waals surface area contributed by atoms with Crippen molar-refractivity contribution in [3.8, 4) is 0 Å². The van der Waals surface area contributed by atoms with Crippen LogP contribution >= 0.6 is 11.6 Å². The van der Waals surface area contributed by atoms with Crippen molar-refractivity contribution in [1.29, 1.82) is 0 Å². The molecule has 0 amide bonds. The molecule has 1 aromatic rings. The van der Waals surface area contributed by atoms with Gasteiger partial charge < -0.3 is 10.5 Å². The molecule has 0 atom stereocenters.